The number of carbonyl (C=O) groups is 1. The number of carboxylic acid groups (broad SMARTS) is 1. The summed E-state index contributed by atoms with van der Waals surface area (Å²) in [6.45, 7) is 1.54. The van der Waals surface area contributed by atoms with E-state index in [2.05, 4.69) is 0 Å². The molecular formula is C15H16Cl2O4. The molecule has 1 heterocycles. The number of ether oxygens (including phenoxy) is 2. The van der Waals surface area contributed by atoms with Crippen LogP contribution in [0.5, 0.6) is 0 Å². The van der Waals surface area contributed by atoms with Crippen LogP contribution in [0.25, 0.3) is 0 Å². The van der Waals surface area contributed by atoms with Gasteiger partial charge in [0, 0.05) is 28.5 Å². The number of halogens is 2. The molecule has 21 heavy (non-hydrogen) atoms. The molecule has 0 aromatic heterocycles. The van der Waals surface area contributed by atoms with Crippen LogP contribution in [-0.4, -0.2) is 22.5 Å². The first-order valence-electron chi connectivity index (χ1n) is 6.93. The van der Waals surface area contributed by atoms with Crippen molar-refractivity contribution in [2.24, 2.45) is 0 Å². The van der Waals surface area contributed by atoms with Crippen molar-refractivity contribution in [3.63, 3.8) is 0 Å². The van der Waals surface area contributed by atoms with Crippen LogP contribution in [0.15, 0.2) is 18.2 Å². The molecule has 4 nitrogen and oxygen atoms in total. The van der Waals surface area contributed by atoms with Gasteiger partial charge in [0.15, 0.2) is 11.4 Å². The van der Waals surface area contributed by atoms with Gasteiger partial charge in [-0.2, -0.15) is 0 Å². The van der Waals surface area contributed by atoms with E-state index in [9.17, 15) is 9.90 Å². The van der Waals surface area contributed by atoms with Crippen molar-refractivity contribution in [1.82, 2.24) is 0 Å². The average molecular weight is 331 g/mol. The van der Waals surface area contributed by atoms with Crippen molar-refractivity contribution >= 4 is 29.2 Å². The van der Waals surface area contributed by atoms with Gasteiger partial charge in [-0.05, 0) is 31.9 Å². The molecule has 2 aliphatic rings. The highest BCUT2D eigenvalue weighted by Gasteiger charge is 2.60. The summed E-state index contributed by atoms with van der Waals surface area (Å²) in [4.78, 5) is 11.8. The molecule has 1 aromatic rings. The Morgan fingerprint density at radius 1 is 1.33 bits per heavy atom. The molecule has 0 amide bonds. The molecule has 0 unspecified atom stereocenters. The quantitative estimate of drug-likeness (QED) is 0.883. The molecule has 2 atom stereocenters. The summed E-state index contributed by atoms with van der Waals surface area (Å²) >= 11 is 12.1. The zero-order valence-corrected chi connectivity index (χ0v) is 13.1. The third-order valence-corrected chi connectivity index (χ3v) is 4.83. The summed E-state index contributed by atoms with van der Waals surface area (Å²) in [6, 6.07) is 4.96. The Balaban J connectivity index is 2.04. The fraction of sp³-hybridized carbons (Fsp3) is 0.533. The van der Waals surface area contributed by atoms with Crippen LogP contribution >= 0.6 is 23.2 Å². The topological polar surface area (TPSA) is 55.8 Å². The molecular weight excluding hydrogens is 315 g/mol. The average Bonchev–Trinajstić information content (AvgIpc) is 2.96. The van der Waals surface area contributed by atoms with Gasteiger partial charge in [-0.15, -0.1) is 0 Å². The van der Waals surface area contributed by atoms with Crippen LogP contribution in [0.3, 0.4) is 0 Å². The predicted molar refractivity (Wildman–Crippen MR) is 78.6 cm³/mol. The van der Waals surface area contributed by atoms with Crippen LogP contribution < -0.4 is 0 Å². The Kier molecular flexibility index (Phi) is 3.69. The van der Waals surface area contributed by atoms with Crippen LogP contribution in [0.2, 0.25) is 10.0 Å². The highest BCUT2D eigenvalue weighted by atomic mass is 35.5. The van der Waals surface area contributed by atoms with Crippen molar-refractivity contribution in [2.45, 2.75) is 50.1 Å². The van der Waals surface area contributed by atoms with Gasteiger partial charge in [-0.25, -0.2) is 4.79 Å². The summed E-state index contributed by atoms with van der Waals surface area (Å²) in [5.41, 5.74) is -0.864. The fourth-order valence-electron chi connectivity index (χ4n) is 3.15. The Labute approximate surface area is 132 Å². The van der Waals surface area contributed by atoms with Crippen molar-refractivity contribution in [1.29, 1.82) is 0 Å². The number of rotatable bonds is 2. The Morgan fingerprint density at radius 3 is 2.57 bits per heavy atom. The van der Waals surface area contributed by atoms with Gasteiger partial charge >= 0.3 is 5.97 Å². The standard InChI is InChI=1S/C15H16Cl2O4/c1-14(13(18)19)12(10-5-4-9(16)8-11(10)17)20-15(21-14)6-2-3-7-15/h4-5,8,12H,2-3,6-7H2,1H3,(H,18,19)/t12-,14+/m0/s1. The molecule has 1 aliphatic carbocycles. The Hall–Kier alpha value is -0.810. The van der Waals surface area contributed by atoms with Crippen molar-refractivity contribution < 1.29 is 19.4 Å². The number of aliphatic carboxylic acids is 1. The number of hydrogen-bond donors (Lipinski definition) is 1. The van der Waals surface area contributed by atoms with Gasteiger partial charge in [0.2, 0.25) is 0 Å². The minimum Gasteiger partial charge on any atom is -0.479 e. The first-order chi connectivity index (χ1) is 9.86. The van der Waals surface area contributed by atoms with Gasteiger partial charge in [-0.1, -0.05) is 29.3 Å². The number of hydrogen-bond acceptors (Lipinski definition) is 3. The summed E-state index contributed by atoms with van der Waals surface area (Å²) in [5.74, 6) is -1.86. The largest absolute Gasteiger partial charge is 0.479 e. The monoisotopic (exact) mass is 330 g/mol. The highest BCUT2D eigenvalue weighted by Crippen LogP contribution is 2.53. The van der Waals surface area contributed by atoms with E-state index >= 15 is 0 Å². The molecule has 0 bridgehead atoms. The minimum absolute atomic E-state index is 0.388. The van der Waals surface area contributed by atoms with Crippen LogP contribution in [0, 0.1) is 0 Å². The zero-order chi connectivity index (χ0) is 15.3. The lowest BCUT2D eigenvalue weighted by Gasteiger charge is -2.25. The van der Waals surface area contributed by atoms with E-state index in [1.54, 1.807) is 18.2 Å². The molecule has 1 saturated carbocycles. The fourth-order valence-corrected chi connectivity index (χ4v) is 3.66. The van der Waals surface area contributed by atoms with E-state index < -0.39 is 23.5 Å². The molecule has 1 aromatic carbocycles. The summed E-state index contributed by atoms with van der Waals surface area (Å²) in [6.07, 6.45) is 2.60. The van der Waals surface area contributed by atoms with Gasteiger partial charge in [0.1, 0.15) is 6.10 Å². The van der Waals surface area contributed by atoms with Gasteiger partial charge in [0.05, 0.1) is 0 Å². The Bertz CT molecular complexity index is 583. The van der Waals surface area contributed by atoms with Crippen LogP contribution in [0.4, 0.5) is 0 Å². The molecule has 1 N–H and O–H groups in total. The molecule has 1 aliphatic heterocycles. The zero-order valence-electron chi connectivity index (χ0n) is 11.6. The molecule has 1 spiro atoms. The molecule has 6 heteroatoms. The summed E-state index contributed by atoms with van der Waals surface area (Å²) in [7, 11) is 0. The number of benzene rings is 1. The van der Waals surface area contributed by atoms with Crippen molar-refractivity contribution in [2.75, 3.05) is 0 Å². The maximum atomic E-state index is 11.8. The van der Waals surface area contributed by atoms with Gasteiger partial charge in [0.25, 0.3) is 0 Å². The summed E-state index contributed by atoms with van der Waals surface area (Å²) in [5, 5.41) is 10.5. The SMILES string of the molecule is C[C@@]1(C(=O)O)OC2(CCCC2)O[C@H]1c1ccc(Cl)cc1Cl. The van der Waals surface area contributed by atoms with Gasteiger partial charge < -0.3 is 14.6 Å². The van der Waals surface area contributed by atoms with E-state index in [1.165, 1.54) is 6.92 Å². The third-order valence-electron chi connectivity index (χ3n) is 4.27. The normalized spacial score (nSPS) is 30.9. The van der Waals surface area contributed by atoms with Gasteiger partial charge in [-0.3, -0.25) is 0 Å². The lowest BCUT2D eigenvalue weighted by Crippen LogP contribution is -2.41. The molecule has 3 rings (SSSR count). The second-order valence-electron chi connectivity index (χ2n) is 5.80. The first-order valence-corrected chi connectivity index (χ1v) is 7.68. The Morgan fingerprint density at radius 2 is 2.00 bits per heavy atom. The highest BCUT2D eigenvalue weighted by molar-refractivity contribution is 6.35. The van der Waals surface area contributed by atoms with E-state index in [-0.39, 0.29) is 0 Å². The maximum absolute atomic E-state index is 11.8. The third kappa shape index (κ3) is 2.44. The van der Waals surface area contributed by atoms with E-state index in [4.69, 9.17) is 32.7 Å². The van der Waals surface area contributed by atoms with Crippen molar-refractivity contribution in [3.8, 4) is 0 Å². The molecule has 114 valence electrons. The van der Waals surface area contributed by atoms with Crippen LogP contribution in [0.1, 0.15) is 44.3 Å². The minimum atomic E-state index is -1.46. The molecule has 0 radical (unpaired) electrons. The second kappa shape index (κ2) is 5.13. The molecule has 1 saturated heterocycles. The predicted octanol–water partition coefficient (Wildman–Crippen LogP) is 4.19. The lowest BCUT2D eigenvalue weighted by molar-refractivity contribution is -0.194. The summed E-state index contributed by atoms with van der Waals surface area (Å²) < 4.78 is 12.0. The second-order valence-corrected chi connectivity index (χ2v) is 6.64. The van der Waals surface area contributed by atoms with Crippen LogP contribution in [-0.2, 0) is 14.3 Å². The maximum Gasteiger partial charge on any atom is 0.338 e. The molecule has 2 fully saturated rings. The van der Waals surface area contributed by atoms with E-state index in [0.717, 1.165) is 12.8 Å². The van der Waals surface area contributed by atoms with E-state index in [0.29, 0.717) is 28.5 Å². The first kappa shape index (κ1) is 15.1. The smallest absolute Gasteiger partial charge is 0.338 e. The van der Waals surface area contributed by atoms with E-state index in [1.807, 2.05) is 0 Å². The number of carboxylic acids is 1. The van der Waals surface area contributed by atoms with Crippen molar-refractivity contribution in [3.05, 3.63) is 33.8 Å². The lowest BCUT2D eigenvalue weighted by atomic mass is 9.93.